The summed E-state index contributed by atoms with van der Waals surface area (Å²) in [7, 11) is -3.77. The number of nitrogens with zero attached hydrogens (tertiary/aromatic N) is 3. The number of hydrogen-bond acceptors (Lipinski definition) is 7. The molecule has 0 saturated carbocycles. The van der Waals surface area contributed by atoms with Gasteiger partial charge in [-0.1, -0.05) is 31.9 Å². The van der Waals surface area contributed by atoms with Gasteiger partial charge in [0.1, 0.15) is 5.75 Å². The maximum atomic E-state index is 11.9. The topological polar surface area (TPSA) is 112 Å². The van der Waals surface area contributed by atoms with E-state index in [2.05, 4.69) is 44.5 Å². The number of guanidine groups is 1. The Labute approximate surface area is 197 Å². The fourth-order valence-electron chi connectivity index (χ4n) is 5.10. The average Bonchev–Trinajstić information content (AvgIpc) is 3.23. The molecule has 0 radical (unpaired) electrons. The molecule has 9 nitrogen and oxygen atoms in total. The molecule has 1 aromatic rings. The first-order valence-corrected chi connectivity index (χ1v) is 13.8. The Hall–Kier alpha value is -1.88. The maximum absolute atomic E-state index is 11.9. The molecule has 0 amide bonds. The van der Waals surface area contributed by atoms with Crippen LogP contribution >= 0.6 is 0 Å². The van der Waals surface area contributed by atoms with Crippen LogP contribution in [0.3, 0.4) is 0 Å². The van der Waals surface area contributed by atoms with Crippen LogP contribution in [0.1, 0.15) is 69.0 Å². The maximum Gasteiger partial charge on any atom is 0.325 e. The molecular formula is C23H38N6O3S. The molecule has 2 unspecified atom stereocenters. The van der Waals surface area contributed by atoms with Crippen LogP contribution in [0, 0.1) is 0 Å². The van der Waals surface area contributed by atoms with Crippen molar-refractivity contribution < 1.29 is 13.2 Å². The Morgan fingerprint density at radius 3 is 2.85 bits per heavy atom. The van der Waals surface area contributed by atoms with Crippen LogP contribution in [0.15, 0.2) is 22.6 Å². The van der Waals surface area contributed by atoms with Crippen molar-refractivity contribution in [3.05, 3.63) is 29.3 Å². The van der Waals surface area contributed by atoms with Gasteiger partial charge in [0, 0.05) is 19.1 Å². The Morgan fingerprint density at radius 2 is 2.06 bits per heavy atom. The Balaban J connectivity index is 1.28. The zero-order chi connectivity index (χ0) is 23.3. The lowest BCUT2D eigenvalue weighted by Gasteiger charge is -2.35. The number of fused-ring (bicyclic) bond motifs is 1. The Kier molecular flexibility index (Phi) is 8.11. The van der Waals surface area contributed by atoms with E-state index >= 15 is 0 Å². The summed E-state index contributed by atoms with van der Waals surface area (Å²) in [6.07, 6.45) is 8.24. The molecule has 1 fully saturated rings. The summed E-state index contributed by atoms with van der Waals surface area (Å²) in [6, 6.07) is 6.98. The van der Waals surface area contributed by atoms with Gasteiger partial charge in [0.15, 0.2) is 6.29 Å². The van der Waals surface area contributed by atoms with E-state index in [4.69, 9.17) is 10.5 Å². The molecule has 2 heterocycles. The van der Waals surface area contributed by atoms with Crippen LogP contribution in [-0.2, 0) is 16.6 Å². The van der Waals surface area contributed by atoms with Crippen LogP contribution in [-0.4, -0.2) is 63.3 Å². The molecule has 4 N–H and O–H groups in total. The molecule has 0 bridgehead atoms. The Morgan fingerprint density at radius 1 is 1.24 bits per heavy atom. The monoisotopic (exact) mass is 478 g/mol. The molecule has 2 aliphatic heterocycles. The second-order valence-electron chi connectivity index (χ2n) is 9.12. The highest BCUT2D eigenvalue weighted by Gasteiger charge is 2.31. The Bertz CT molecular complexity index is 932. The van der Waals surface area contributed by atoms with Gasteiger partial charge in [-0.15, -0.1) is 4.40 Å². The van der Waals surface area contributed by atoms with Crippen molar-refractivity contribution in [1.82, 2.24) is 19.8 Å². The first kappa shape index (κ1) is 24.3. The first-order chi connectivity index (χ1) is 16.0. The van der Waals surface area contributed by atoms with E-state index in [1.165, 1.54) is 49.9 Å². The van der Waals surface area contributed by atoms with E-state index in [0.717, 1.165) is 31.4 Å². The van der Waals surface area contributed by atoms with Gasteiger partial charge in [0.2, 0.25) is 5.96 Å². The molecule has 4 rings (SSSR count). The lowest BCUT2D eigenvalue weighted by atomic mass is 10.0. The third-order valence-corrected chi connectivity index (χ3v) is 7.73. The third kappa shape index (κ3) is 5.98. The molecule has 0 aromatic heterocycles. The highest BCUT2D eigenvalue weighted by atomic mass is 32.2. The molecule has 3 aliphatic rings. The second kappa shape index (κ2) is 11.0. The fourth-order valence-corrected chi connectivity index (χ4v) is 6.00. The van der Waals surface area contributed by atoms with Gasteiger partial charge in [0.05, 0.1) is 6.61 Å². The number of ether oxygens (including phenoxy) is 1. The van der Waals surface area contributed by atoms with E-state index in [9.17, 15) is 8.42 Å². The summed E-state index contributed by atoms with van der Waals surface area (Å²) >= 11 is 0. The minimum Gasteiger partial charge on any atom is -0.493 e. The number of hydrogen-bond donors (Lipinski definition) is 3. The molecule has 184 valence electrons. The quantitative estimate of drug-likeness (QED) is 0.441. The van der Waals surface area contributed by atoms with Crippen LogP contribution < -0.4 is 20.5 Å². The second-order valence-corrected chi connectivity index (χ2v) is 10.5. The molecule has 33 heavy (non-hydrogen) atoms. The summed E-state index contributed by atoms with van der Waals surface area (Å²) in [5.74, 6) is 1.02. The van der Waals surface area contributed by atoms with Gasteiger partial charge in [-0.3, -0.25) is 10.2 Å². The molecule has 1 aliphatic carbocycles. The standard InChI is InChI=1S/C23H38N6O3S/c1-2-3-16-29-22(24)26-33(30,31)27-23(29)25-13-8-17-32-21-10-7-9-18-19(21)11-12-20(18)28-14-5-4-6-15-28/h7,9-10,20,23,25,27H,2-6,8,11-17H2,1H3,(H2,24,26). The lowest BCUT2D eigenvalue weighted by molar-refractivity contribution is 0.163. The van der Waals surface area contributed by atoms with E-state index in [-0.39, 0.29) is 5.96 Å². The smallest absolute Gasteiger partial charge is 0.325 e. The zero-order valence-corrected chi connectivity index (χ0v) is 20.4. The van der Waals surface area contributed by atoms with Gasteiger partial charge < -0.3 is 15.4 Å². The minimum absolute atomic E-state index is 0.0269. The van der Waals surface area contributed by atoms with Crippen molar-refractivity contribution in [2.45, 2.75) is 70.6 Å². The first-order valence-electron chi connectivity index (χ1n) is 12.3. The van der Waals surface area contributed by atoms with E-state index in [0.29, 0.717) is 25.7 Å². The molecule has 1 aromatic carbocycles. The SMILES string of the molecule is CCCCN1C(N)=NS(=O)(=O)NC1NCCCOc1cccc2c1CCC2N1CCCCC1. The van der Waals surface area contributed by atoms with Crippen LogP contribution in [0.5, 0.6) is 5.75 Å². The number of nitrogens with one attached hydrogen (secondary N) is 2. The van der Waals surface area contributed by atoms with Gasteiger partial charge in [0.25, 0.3) is 0 Å². The number of piperidine rings is 1. The van der Waals surface area contributed by atoms with Gasteiger partial charge in [-0.05, 0) is 68.8 Å². The largest absolute Gasteiger partial charge is 0.493 e. The van der Waals surface area contributed by atoms with Crippen molar-refractivity contribution in [2.75, 3.05) is 32.8 Å². The number of likely N-dealkylation sites (tertiary alicyclic amines) is 1. The van der Waals surface area contributed by atoms with Crippen LogP contribution in [0.2, 0.25) is 0 Å². The van der Waals surface area contributed by atoms with Gasteiger partial charge in [-0.25, -0.2) is 0 Å². The van der Waals surface area contributed by atoms with Crippen molar-refractivity contribution in [3.8, 4) is 5.75 Å². The molecule has 2 atom stereocenters. The van der Waals surface area contributed by atoms with Crippen molar-refractivity contribution in [3.63, 3.8) is 0 Å². The predicted octanol–water partition coefficient (Wildman–Crippen LogP) is 2.07. The predicted molar refractivity (Wildman–Crippen MR) is 130 cm³/mol. The third-order valence-electron chi connectivity index (χ3n) is 6.78. The molecule has 10 heteroatoms. The van der Waals surface area contributed by atoms with E-state index in [1.807, 2.05) is 0 Å². The molecule has 0 spiro atoms. The summed E-state index contributed by atoms with van der Waals surface area (Å²) in [5.41, 5.74) is 8.69. The lowest BCUT2D eigenvalue weighted by Crippen LogP contribution is -2.63. The number of benzene rings is 1. The van der Waals surface area contributed by atoms with Crippen LogP contribution in [0.25, 0.3) is 0 Å². The van der Waals surface area contributed by atoms with Crippen molar-refractivity contribution in [1.29, 1.82) is 0 Å². The summed E-state index contributed by atoms with van der Waals surface area (Å²) in [6.45, 7) is 6.28. The van der Waals surface area contributed by atoms with Crippen LogP contribution in [0.4, 0.5) is 0 Å². The van der Waals surface area contributed by atoms with E-state index < -0.39 is 16.5 Å². The van der Waals surface area contributed by atoms with Crippen molar-refractivity contribution >= 4 is 16.2 Å². The molecular weight excluding hydrogens is 440 g/mol. The van der Waals surface area contributed by atoms with E-state index in [1.54, 1.807) is 4.90 Å². The number of unbranched alkanes of at least 4 members (excludes halogenated alkanes) is 1. The highest BCUT2D eigenvalue weighted by molar-refractivity contribution is 7.88. The zero-order valence-electron chi connectivity index (χ0n) is 19.6. The molecule has 1 saturated heterocycles. The van der Waals surface area contributed by atoms with Gasteiger partial charge >= 0.3 is 10.2 Å². The summed E-state index contributed by atoms with van der Waals surface area (Å²) in [5, 5.41) is 3.24. The van der Waals surface area contributed by atoms with Gasteiger partial charge in [-0.2, -0.15) is 13.1 Å². The van der Waals surface area contributed by atoms with Crippen molar-refractivity contribution in [2.24, 2.45) is 10.1 Å². The highest BCUT2D eigenvalue weighted by Crippen LogP contribution is 2.41. The normalized spacial score (nSPS) is 25.0. The summed E-state index contributed by atoms with van der Waals surface area (Å²) in [4.78, 5) is 4.41. The summed E-state index contributed by atoms with van der Waals surface area (Å²) < 4.78 is 36.2. The fraction of sp³-hybridized carbons (Fsp3) is 0.696. The minimum atomic E-state index is -3.77. The number of nitrogens with two attached hydrogens (primary N) is 1. The average molecular weight is 479 g/mol. The number of rotatable bonds is 10.